The molecular formula is C11H13NO3. The summed E-state index contributed by atoms with van der Waals surface area (Å²) in [5.41, 5.74) is 1.10. The summed E-state index contributed by atoms with van der Waals surface area (Å²) in [4.78, 5) is 0. The second-order valence-electron chi connectivity index (χ2n) is 3.42. The molecule has 0 bridgehead atoms. The first-order valence-electron chi connectivity index (χ1n) is 4.59. The number of nitriles is 1. The van der Waals surface area contributed by atoms with Crippen LogP contribution in [0.5, 0.6) is 5.75 Å². The van der Waals surface area contributed by atoms with E-state index in [1.54, 1.807) is 25.1 Å². The predicted molar refractivity (Wildman–Crippen MR) is 54.0 cm³/mol. The Hall–Kier alpha value is -1.57. The molecule has 3 N–H and O–H groups in total. The Morgan fingerprint density at radius 2 is 2.07 bits per heavy atom. The maximum absolute atomic E-state index is 9.62. The average Bonchev–Trinajstić information content (AvgIpc) is 2.21. The maximum Gasteiger partial charge on any atom is 0.118 e. The van der Waals surface area contributed by atoms with E-state index in [0.717, 1.165) is 0 Å². The summed E-state index contributed by atoms with van der Waals surface area (Å²) in [7, 11) is 0. The predicted octanol–water partition coefficient (Wildman–Crippen LogP) is 1.01. The van der Waals surface area contributed by atoms with Gasteiger partial charge < -0.3 is 15.3 Å². The Morgan fingerprint density at radius 3 is 2.60 bits per heavy atom. The molecule has 0 radical (unpaired) electrons. The summed E-state index contributed by atoms with van der Waals surface area (Å²) in [6.45, 7) is 1.73. The number of benzene rings is 1. The van der Waals surface area contributed by atoms with Gasteiger partial charge >= 0.3 is 0 Å². The largest absolute Gasteiger partial charge is 0.508 e. The lowest BCUT2D eigenvalue weighted by molar-refractivity contribution is 0.0215. The van der Waals surface area contributed by atoms with Gasteiger partial charge in [0.05, 0.1) is 18.6 Å². The molecule has 0 amide bonds. The van der Waals surface area contributed by atoms with Crippen LogP contribution in [0, 0.1) is 18.3 Å². The van der Waals surface area contributed by atoms with Crippen molar-refractivity contribution in [3.05, 3.63) is 29.3 Å². The van der Waals surface area contributed by atoms with Gasteiger partial charge in [0.1, 0.15) is 11.9 Å². The minimum atomic E-state index is -1.14. The summed E-state index contributed by atoms with van der Waals surface area (Å²) in [6, 6.07) is 6.42. The minimum absolute atomic E-state index is 0.0655. The van der Waals surface area contributed by atoms with Crippen LogP contribution in [-0.2, 0) is 0 Å². The zero-order valence-corrected chi connectivity index (χ0v) is 8.38. The normalized spacial score (nSPS) is 14.3. The molecule has 1 aromatic carbocycles. The molecular weight excluding hydrogens is 194 g/mol. The van der Waals surface area contributed by atoms with E-state index in [1.165, 1.54) is 6.07 Å². The summed E-state index contributed by atoms with van der Waals surface area (Å²) in [6.07, 6.45) is -2.41. The van der Waals surface area contributed by atoms with E-state index in [4.69, 9.17) is 5.26 Å². The first kappa shape index (κ1) is 11.5. The number of hydrogen-bond acceptors (Lipinski definition) is 4. The lowest BCUT2D eigenvalue weighted by atomic mass is 10.0. The summed E-state index contributed by atoms with van der Waals surface area (Å²) >= 11 is 0. The van der Waals surface area contributed by atoms with Crippen LogP contribution in [0.2, 0.25) is 0 Å². The lowest BCUT2D eigenvalue weighted by Gasteiger charge is -2.16. The molecule has 0 spiro atoms. The van der Waals surface area contributed by atoms with E-state index < -0.39 is 12.2 Å². The Balaban J connectivity index is 2.87. The smallest absolute Gasteiger partial charge is 0.118 e. The highest BCUT2D eigenvalue weighted by Crippen LogP contribution is 2.24. The molecule has 0 aliphatic rings. The van der Waals surface area contributed by atoms with Crippen molar-refractivity contribution in [1.82, 2.24) is 0 Å². The van der Waals surface area contributed by atoms with Gasteiger partial charge in [-0.05, 0) is 24.1 Å². The van der Waals surface area contributed by atoms with Crippen molar-refractivity contribution < 1.29 is 15.3 Å². The van der Waals surface area contributed by atoms with Crippen molar-refractivity contribution in [3.8, 4) is 11.8 Å². The van der Waals surface area contributed by atoms with E-state index in [1.807, 2.05) is 0 Å². The maximum atomic E-state index is 9.62. The van der Waals surface area contributed by atoms with Gasteiger partial charge in [0, 0.05) is 0 Å². The minimum Gasteiger partial charge on any atom is -0.508 e. The van der Waals surface area contributed by atoms with E-state index in [2.05, 4.69) is 0 Å². The molecule has 80 valence electrons. The molecule has 0 heterocycles. The molecule has 4 nitrogen and oxygen atoms in total. The van der Waals surface area contributed by atoms with Crippen LogP contribution in [0.3, 0.4) is 0 Å². The highest BCUT2D eigenvalue weighted by Gasteiger charge is 2.18. The second-order valence-corrected chi connectivity index (χ2v) is 3.42. The number of rotatable bonds is 3. The third kappa shape index (κ3) is 2.69. The standard InChI is InChI=1S/C11H13NO3/c1-7-2-3-8(6-10(7)14)11(15)9(13)4-5-12/h2-3,6,9,11,13-15H,4H2,1H3. The molecule has 4 heteroatoms. The first-order chi connectivity index (χ1) is 7.06. The number of phenols is 1. The lowest BCUT2D eigenvalue weighted by Crippen LogP contribution is -2.17. The molecule has 0 saturated carbocycles. The van der Waals surface area contributed by atoms with Crippen molar-refractivity contribution in [2.24, 2.45) is 0 Å². The van der Waals surface area contributed by atoms with Gasteiger partial charge in [-0.25, -0.2) is 0 Å². The van der Waals surface area contributed by atoms with Gasteiger partial charge in [-0.1, -0.05) is 12.1 Å². The van der Waals surface area contributed by atoms with Crippen LogP contribution in [-0.4, -0.2) is 21.4 Å². The van der Waals surface area contributed by atoms with Crippen LogP contribution in [0.25, 0.3) is 0 Å². The van der Waals surface area contributed by atoms with Crippen LogP contribution in [0.1, 0.15) is 23.7 Å². The Kier molecular flexibility index (Phi) is 3.67. The highest BCUT2D eigenvalue weighted by atomic mass is 16.3. The fourth-order valence-electron chi connectivity index (χ4n) is 1.24. The van der Waals surface area contributed by atoms with Crippen molar-refractivity contribution in [2.45, 2.75) is 25.6 Å². The van der Waals surface area contributed by atoms with Crippen molar-refractivity contribution in [3.63, 3.8) is 0 Å². The Bertz CT molecular complexity index is 384. The Labute approximate surface area is 88.0 Å². The number of aryl methyl sites for hydroxylation is 1. The van der Waals surface area contributed by atoms with Crippen LogP contribution < -0.4 is 0 Å². The van der Waals surface area contributed by atoms with Gasteiger partial charge in [-0.2, -0.15) is 5.26 Å². The third-order valence-electron chi connectivity index (χ3n) is 2.24. The van der Waals surface area contributed by atoms with Crippen molar-refractivity contribution >= 4 is 0 Å². The zero-order valence-electron chi connectivity index (χ0n) is 8.38. The number of hydrogen-bond donors (Lipinski definition) is 3. The molecule has 2 unspecified atom stereocenters. The second kappa shape index (κ2) is 4.78. The first-order valence-corrected chi connectivity index (χ1v) is 4.59. The molecule has 0 aliphatic heterocycles. The van der Waals surface area contributed by atoms with Gasteiger partial charge in [0.15, 0.2) is 0 Å². The topological polar surface area (TPSA) is 84.5 Å². The molecule has 0 aromatic heterocycles. The molecule has 0 saturated heterocycles. The molecule has 1 rings (SSSR count). The number of aliphatic hydroxyl groups excluding tert-OH is 2. The van der Waals surface area contributed by atoms with Gasteiger partial charge in [-0.3, -0.25) is 0 Å². The fraction of sp³-hybridized carbons (Fsp3) is 0.364. The van der Waals surface area contributed by atoms with E-state index in [-0.39, 0.29) is 12.2 Å². The van der Waals surface area contributed by atoms with Crippen molar-refractivity contribution in [2.75, 3.05) is 0 Å². The molecule has 15 heavy (non-hydrogen) atoms. The number of nitrogens with zero attached hydrogens (tertiary/aromatic N) is 1. The van der Waals surface area contributed by atoms with Crippen LogP contribution in [0.4, 0.5) is 0 Å². The molecule has 0 aliphatic carbocycles. The molecule has 2 atom stereocenters. The summed E-state index contributed by atoms with van der Waals surface area (Å²) < 4.78 is 0. The summed E-state index contributed by atoms with van der Waals surface area (Å²) in [5, 5.41) is 36.8. The van der Waals surface area contributed by atoms with Gasteiger partial charge in [-0.15, -0.1) is 0 Å². The van der Waals surface area contributed by atoms with Crippen LogP contribution in [0.15, 0.2) is 18.2 Å². The number of aromatic hydroxyl groups is 1. The van der Waals surface area contributed by atoms with Gasteiger partial charge in [0.25, 0.3) is 0 Å². The fourth-order valence-corrected chi connectivity index (χ4v) is 1.24. The highest BCUT2D eigenvalue weighted by molar-refractivity contribution is 5.36. The quantitative estimate of drug-likeness (QED) is 0.690. The monoisotopic (exact) mass is 207 g/mol. The van der Waals surface area contributed by atoms with E-state index >= 15 is 0 Å². The van der Waals surface area contributed by atoms with Crippen LogP contribution >= 0.6 is 0 Å². The average molecular weight is 207 g/mol. The SMILES string of the molecule is Cc1ccc(C(O)C(O)CC#N)cc1O. The van der Waals surface area contributed by atoms with Crippen molar-refractivity contribution in [1.29, 1.82) is 5.26 Å². The third-order valence-corrected chi connectivity index (χ3v) is 2.24. The van der Waals surface area contributed by atoms with E-state index in [0.29, 0.717) is 11.1 Å². The number of aliphatic hydroxyl groups is 2. The van der Waals surface area contributed by atoms with Gasteiger partial charge in [0.2, 0.25) is 0 Å². The molecule has 0 fully saturated rings. The Morgan fingerprint density at radius 1 is 1.40 bits per heavy atom. The number of phenolic OH excluding ortho intramolecular Hbond substituents is 1. The molecule has 1 aromatic rings. The summed E-state index contributed by atoms with van der Waals surface area (Å²) in [5.74, 6) is 0.0655. The van der Waals surface area contributed by atoms with E-state index in [9.17, 15) is 15.3 Å². The zero-order chi connectivity index (χ0) is 11.4.